The maximum Gasteiger partial charge on any atom is 0.255 e. The number of nitrogens with one attached hydrogen (secondary N) is 2. The molecule has 0 radical (unpaired) electrons. The highest BCUT2D eigenvalue weighted by Gasteiger charge is 2.48. The zero-order chi connectivity index (χ0) is 46.9. The Morgan fingerprint density at radius 3 is 2.37 bits per heavy atom. The number of hydrogen-bond acceptors (Lipinski definition) is 11. The zero-order valence-corrected chi connectivity index (χ0v) is 38.2. The van der Waals surface area contributed by atoms with Crippen LogP contribution in [0.2, 0.25) is 0 Å². The smallest absolute Gasteiger partial charge is 0.255 e. The molecule has 68 heavy (non-hydrogen) atoms. The van der Waals surface area contributed by atoms with Gasteiger partial charge < -0.3 is 29.3 Å². The monoisotopic (exact) mass is 943 g/mol. The number of nitrogens with zero attached hydrogens (tertiary/aromatic N) is 7. The van der Waals surface area contributed by atoms with Crippen LogP contribution in [0.3, 0.4) is 0 Å². The lowest BCUT2D eigenvalue weighted by atomic mass is 9.71. The van der Waals surface area contributed by atoms with Crippen molar-refractivity contribution in [3.63, 3.8) is 0 Å². The summed E-state index contributed by atoms with van der Waals surface area (Å²) >= 11 is 1.27. The van der Waals surface area contributed by atoms with E-state index in [1.807, 2.05) is 38.6 Å². The van der Waals surface area contributed by atoms with E-state index in [1.54, 1.807) is 36.1 Å². The van der Waals surface area contributed by atoms with Crippen LogP contribution in [-0.4, -0.2) is 104 Å². The number of anilines is 3. The van der Waals surface area contributed by atoms with E-state index in [4.69, 9.17) is 0 Å². The summed E-state index contributed by atoms with van der Waals surface area (Å²) < 4.78 is 33.3. The fourth-order valence-electron chi connectivity index (χ4n) is 11.3. The van der Waals surface area contributed by atoms with Crippen molar-refractivity contribution in [1.82, 2.24) is 29.7 Å². The van der Waals surface area contributed by atoms with Crippen LogP contribution in [0.25, 0.3) is 11.1 Å². The van der Waals surface area contributed by atoms with E-state index < -0.39 is 46.9 Å². The van der Waals surface area contributed by atoms with E-state index in [0.717, 1.165) is 62.3 Å². The number of amides is 5. The van der Waals surface area contributed by atoms with Crippen molar-refractivity contribution in [3.05, 3.63) is 112 Å². The van der Waals surface area contributed by atoms with Crippen molar-refractivity contribution >= 4 is 57.4 Å². The van der Waals surface area contributed by atoms with Gasteiger partial charge in [-0.25, -0.2) is 18.7 Å². The molecule has 2 unspecified atom stereocenters. The number of halogens is 2. The van der Waals surface area contributed by atoms with E-state index in [9.17, 15) is 29.1 Å². The van der Waals surface area contributed by atoms with E-state index in [1.165, 1.54) is 28.4 Å². The molecule has 0 bridgehead atoms. The summed E-state index contributed by atoms with van der Waals surface area (Å²) in [5.74, 6) is -3.23. The van der Waals surface area contributed by atoms with Crippen molar-refractivity contribution in [3.8, 4) is 11.1 Å². The van der Waals surface area contributed by atoms with Crippen molar-refractivity contribution in [1.29, 1.82) is 0 Å². The molecule has 4 fully saturated rings. The molecule has 11 rings (SSSR count). The van der Waals surface area contributed by atoms with Gasteiger partial charge >= 0.3 is 0 Å². The number of thiazole rings is 1. The first-order chi connectivity index (χ1) is 32.8. The highest BCUT2D eigenvalue weighted by atomic mass is 32.1. The number of aliphatic hydroxyl groups is 1. The Balaban J connectivity index is 0.678. The van der Waals surface area contributed by atoms with E-state index in [0.29, 0.717) is 73.1 Å². The van der Waals surface area contributed by atoms with Crippen molar-refractivity contribution < 1.29 is 37.9 Å². The number of hydrogen-bond donors (Lipinski definition) is 3. The number of aryl methyl sites for hydroxylation is 1. The largest absolute Gasteiger partial charge is 0.389 e. The number of imide groups is 1. The first kappa shape index (κ1) is 44.0. The predicted molar refractivity (Wildman–Crippen MR) is 249 cm³/mol. The number of carbonyl (C=O) groups excluding carboxylic acids is 5. The van der Waals surface area contributed by atoms with Gasteiger partial charge in [-0.05, 0) is 98.0 Å². The van der Waals surface area contributed by atoms with Gasteiger partial charge in [0.25, 0.3) is 11.8 Å². The standard InChI is InChI=1S/C50H51F2N9O6S/c51-37-24-32(22-35-36(37)26-61(47(35)66)44(46(65)56-48-53-15-21-68-48)43-40-2-1-16-59(40)29-54-43)30-3-6-33(7-4-30)57-17-11-49(12-18-57)27-60(28-49)42(63)25-50(67)13-19-58(20-14-50)39-9-5-31(23-38(39)52)34-8-10-41(62)55-45(34)64/h3-7,9,15,21-24,29,34,44,67H,1-2,8,10-14,16-20,25-28H2,(H,53,56,65)(H,55,62,64). The molecule has 18 heteroatoms. The van der Waals surface area contributed by atoms with Crippen LogP contribution in [0.1, 0.15) is 96.2 Å². The van der Waals surface area contributed by atoms with Gasteiger partial charge in [-0.2, -0.15) is 0 Å². The molecule has 6 aliphatic rings. The topological polar surface area (TPSA) is 173 Å². The van der Waals surface area contributed by atoms with E-state index in [-0.39, 0.29) is 47.7 Å². The number of benzene rings is 3. The summed E-state index contributed by atoms with van der Waals surface area (Å²) in [6, 6.07) is 14.7. The molecule has 2 atom stereocenters. The number of fused-ring (bicyclic) bond motifs is 2. The van der Waals surface area contributed by atoms with Gasteiger partial charge in [0, 0.05) is 91.7 Å². The highest BCUT2D eigenvalue weighted by Crippen LogP contribution is 2.44. The normalized spacial score (nSPS) is 21.1. The Morgan fingerprint density at radius 1 is 0.882 bits per heavy atom. The van der Waals surface area contributed by atoms with Crippen LogP contribution in [-0.2, 0) is 38.7 Å². The second kappa shape index (κ2) is 17.2. The van der Waals surface area contributed by atoms with Crippen LogP contribution < -0.4 is 20.4 Å². The van der Waals surface area contributed by atoms with Crippen molar-refractivity contribution in [2.45, 2.75) is 88.4 Å². The SMILES string of the molecule is O=C1CCC(c2ccc(N3CCC(O)(CC(=O)N4CC5(CCN(c6ccc(-c7cc(F)c8c(c7)C(=O)N(C(C(=O)Nc7nccs7)c7ncn9c7CCC9)C8)cc6)CC5)C4)CC3)c(F)c2)C(=O)N1. The Hall–Kier alpha value is -6.53. The first-order valence-corrected chi connectivity index (χ1v) is 24.3. The minimum Gasteiger partial charge on any atom is -0.389 e. The number of piperidine rings is 3. The van der Waals surface area contributed by atoms with E-state index >= 15 is 8.78 Å². The molecular formula is C50H51F2N9O6S. The lowest BCUT2D eigenvalue weighted by molar-refractivity contribution is -0.151. The molecule has 352 valence electrons. The lowest BCUT2D eigenvalue weighted by Gasteiger charge is -2.55. The molecule has 4 saturated heterocycles. The summed E-state index contributed by atoms with van der Waals surface area (Å²) in [6.45, 7) is 4.39. The van der Waals surface area contributed by atoms with Gasteiger partial charge in [0.1, 0.15) is 11.6 Å². The Kier molecular flexibility index (Phi) is 11.1. The fraction of sp³-hybridized carbons (Fsp3) is 0.420. The third-order valence-electron chi connectivity index (χ3n) is 15.2. The van der Waals surface area contributed by atoms with Gasteiger partial charge in [0.05, 0.1) is 42.2 Å². The number of likely N-dealkylation sites (tertiary alicyclic amines) is 1. The highest BCUT2D eigenvalue weighted by molar-refractivity contribution is 7.13. The molecule has 0 saturated carbocycles. The third-order valence-corrected chi connectivity index (χ3v) is 15.9. The molecular weight excluding hydrogens is 893 g/mol. The predicted octanol–water partition coefficient (Wildman–Crippen LogP) is 5.94. The molecule has 5 amide bonds. The number of rotatable bonds is 10. The van der Waals surface area contributed by atoms with Gasteiger partial charge in [-0.3, -0.25) is 34.6 Å². The van der Waals surface area contributed by atoms with Gasteiger partial charge in [-0.1, -0.05) is 18.2 Å². The van der Waals surface area contributed by atoms with E-state index in [2.05, 4.69) is 25.5 Å². The average Bonchev–Trinajstić information content (AvgIpc) is 4.14. The molecule has 8 heterocycles. The summed E-state index contributed by atoms with van der Waals surface area (Å²) in [7, 11) is 0. The quantitative estimate of drug-likeness (QED) is 0.142. The Bertz CT molecular complexity index is 2830. The minimum atomic E-state index is -1.18. The number of imidazole rings is 1. The second-order valence-electron chi connectivity index (χ2n) is 19.4. The minimum absolute atomic E-state index is 0.0193. The van der Waals surface area contributed by atoms with Crippen LogP contribution in [0, 0.1) is 17.0 Å². The molecule has 15 nitrogen and oxygen atoms in total. The number of aromatic nitrogens is 3. The second-order valence-corrected chi connectivity index (χ2v) is 20.3. The Morgan fingerprint density at radius 2 is 1.65 bits per heavy atom. The van der Waals surface area contributed by atoms with Crippen molar-refractivity contribution in [2.75, 3.05) is 54.4 Å². The summed E-state index contributed by atoms with van der Waals surface area (Å²) in [5.41, 5.74) is 3.99. The molecule has 0 aliphatic carbocycles. The third kappa shape index (κ3) is 8.10. The molecule has 3 aromatic carbocycles. The molecule has 6 aliphatic heterocycles. The van der Waals surface area contributed by atoms with Crippen molar-refractivity contribution in [2.24, 2.45) is 5.41 Å². The zero-order valence-electron chi connectivity index (χ0n) is 37.4. The van der Waals surface area contributed by atoms with Gasteiger partial charge in [0.15, 0.2) is 11.2 Å². The number of carbonyl (C=O) groups is 5. The van der Waals surface area contributed by atoms with Crippen LogP contribution in [0.5, 0.6) is 0 Å². The van der Waals surface area contributed by atoms with Crippen LogP contribution in [0.15, 0.2) is 72.5 Å². The van der Waals surface area contributed by atoms with Crippen LogP contribution >= 0.6 is 11.3 Å². The molecule has 5 aromatic rings. The van der Waals surface area contributed by atoms with Crippen LogP contribution in [0.4, 0.5) is 25.3 Å². The molecule has 2 aromatic heterocycles. The Labute approximate surface area is 395 Å². The first-order valence-electron chi connectivity index (χ1n) is 23.4. The van der Waals surface area contributed by atoms with Gasteiger partial charge in [-0.15, -0.1) is 11.3 Å². The lowest BCUT2D eigenvalue weighted by Crippen LogP contribution is -2.62. The molecule has 1 spiro atoms. The fourth-order valence-corrected chi connectivity index (χ4v) is 11.8. The summed E-state index contributed by atoms with van der Waals surface area (Å²) in [6.07, 6.45) is 7.96. The maximum absolute atomic E-state index is 16.0. The average molecular weight is 944 g/mol. The van der Waals surface area contributed by atoms with Gasteiger partial charge in [0.2, 0.25) is 17.7 Å². The molecule has 3 N–H and O–H groups in total. The summed E-state index contributed by atoms with van der Waals surface area (Å²) in [5, 5.41) is 18.8. The maximum atomic E-state index is 16.0. The summed E-state index contributed by atoms with van der Waals surface area (Å²) in [4.78, 5) is 81.6.